The molecule has 2 amide bonds. The van der Waals surface area contributed by atoms with E-state index in [9.17, 15) is 14.4 Å². The quantitative estimate of drug-likeness (QED) is 0.200. The highest BCUT2D eigenvalue weighted by molar-refractivity contribution is 7.08. The standard InChI is InChI=1S/C27H35N5O5S/c1-2-3-15-36-24(33)8-10-30-11-13-31(14-12-30)17-23-18-32(27(35)37-23)22-6-4-20(5-7-22)25(28)29-26(34)21-9-16-38-19-21/h4-7,9,16,19,23H,2-3,8,10-15,17-18H2,1H3,(H2,28,29,34). The van der Waals surface area contributed by atoms with Gasteiger partial charge in [-0.15, -0.1) is 0 Å². The van der Waals surface area contributed by atoms with E-state index in [0.29, 0.717) is 49.5 Å². The van der Waals surface area contributed by atoms with Gasteiger partial charge >= 0.3 is 12.1 Å². The van der Waals surface area contributed by atoms with Crippen molar-refractivity contribution in [1.82, 2.24) is 9.80 Å². The Morgan fingerprint density at radius 2 is 1.84 bits per heavy atom. The second-order valence-corrected chi connectivity index (χ2v) is 10.2. The minimum atomic E-state index is -0.385. The van der Waals surface area contributed by atoms with Crippen LogP contribution in [-0.2, 0) is 14.3 Å². The molecule has 11 heteroatoms. The van der Waals surface area contributed by atoms with Crippen molar-refractivity contribution in [2.24, 2.45) is 10.7 Å². The molecule has 0 spiro atoms. The fraction of sp³-hybridized carbons (Fsp3) is 0.481. The van der Waals surface area contributed by atoms with Gasteiger partial charge in [0.15, 0.2) is 0 Å². The maximum absolute atomic E-state index is 12.6. The minimum absolute atomic E-state index is 0.127. The van der Waals surface area contributed by atoms with Crippen molar-refractivity contribution in [3.05, 3.63) is 52.2 Å². The maximum atomic E-state index is 12.6. The van der Waals surface area contributed by atoms with Crippen LogP contribution in [0.1, 0.15) is 42.1 Å². The van der Waals surface area contributed by atoms with Crippen molar-refractivity contribution in [2.45, 2.75) is 32.3 Å². The van der Waals surface area contributed by atoms with Crippen LogP contribution in [0.3, 0.4) is 0 Å². The summed E-state index contributed by atoms with van der Waals surface area (Å²) in [7, 11) is 0. The van der Waals surface area contributed by atoms with Crippen molar-refractivity contribution in [1.29, 1.82) is 0 Å². The number of amidine groups is 1. The second-order valence-electron chi connectivity index (χ2n) is 9.44. The normalized spacial score (nSPS) is 19.0. The number of rotatable bonds is 11. The predicted octanol–water partition coefficient (Wildman–Crippen LogP) is 2.97. The number of hydrogen-bond acceptors (Lipinski definition) is 8. The van der Waals surface area contributed by atoms with E-state index in [1.54, 1.807) is 40.6 Å². The lowest BCUT2D eigenvalue weighted by atomic mass is 10.1. The molecule has 1 unspecified atom stereocenters. The maximum Gasteiger partial charge on any atom is 0.414 e. The summed E-state index contributed by atoms with van der Waals surface area (Å²) < 4.78 is 10.9. The molecule has 2 aliphatic rings. The number of esters is 1. The summed E-state index contributed by atoms with van der Waals surface area (Å²) in [4.78, 5) is 46.7. The molecule has 1 aromatic carbocycles. The van der Waals surface area contributed by atoms with Crippen LogP contribution in [0, 0.1) is 0 Å². The molecule has 2 saturated heterocycles. The van der Waals surface area contributed by atoms with Crippen LogP contribution in [-0.4, -0.2) is 92.1 Å². The van der Waals surface area contributed by atoms with Gasteiger partial charge in [0.05, 0.1) is 25.1 Å². The lowest BCUT2D eigenvalue weighted by molar-refractivity contribution is -0.144. The van der Waals surface area contributed by atoms with E-state index in [4.69, 9.17) is 15.2 Å². The van der Waals surface area contributed by atoms with Crippen LogP contribution in [0.25, 0.3) is 0 Å². The lowest BCUT2D eigenvalue weighted by Crippen LogP contribution is -2.49. The number of thiophene rings is 1. The lowest BCUT2D eigenvalue weighted by Gasteiger charge is -2.35. The van der Waals surface area contributed by atoms with Crippen molar-refractivity contribution >= 4 is 40.8 Å². The monoisotopic (exact) mass is 541 g/mol. The zero-order valence-corrected chi connectivity index (χ0v) is 22.5. The molecule has 10 nitrogen and oxygen atoms in total. The summed E-state index contributed by atoms with van der Waals surface area (Å²) in [5.41, 5.74) is 7.83. The summed E-state index contributed by atoms with van der Waals surface area (Å²) in [6.45, 7) is 7.85. The number of cyclic esters (lactones) is 1. The van der Waals surface area contributed by atoms with E-state index in [1.165, 1.54) is 11.3 Å². The summed E-state index contributed by atoms with van der Waals surface area (Å²) in [6, 6.07) is 8.75. The minimum Gasteiger partial charge on any atom is -0.466 e. The number of unbranched alkanes of at least 4 members (excludes halogenated alkanes) is 1. The second kappa shape index (κ2) is 13.5. The van der Waals surface area contributed by atoms with Gasteiger partial charge in [-0.25, -0.2) is 4.79 Å². The zero-order valence-electron chi connectivity index (χ0n) is 21.7. The zero-order chi connectivity index (χ0) is 26.9. The third kappa shape index (κ3) is 7.62. The fourth-order valence-electron chi connectivity index (χ4n) is 4.40. The summed E-state index contributed by atoms with van der Waals surface area (Å²) in [5, 5.41) is 3.54. The Balaban J connectivity index is 1.21. The third-order valence-electron chi connectivity index (χ3n) is 6.66. The number of benzene rings is 1. The van der Waals surface area contributed by atoms with Crippen LogP contribution >= 0.6 is 11.3 Å². The summed E-state index contributed by atoms with van der Waals surface area (Å²) >= 11 is 1.42. The number of ether oxygens (including phenoxy) is 2. The molecule has 1 atom stereocenters. The Bertz CT molecular complexity index is 1110. The van der Waals surface area contributed by atoms with E-state index in [1.807, 2.05) is 5.38 Å². The molecule has 0 bridgehead atoms. The molecule has 0 radical (unpaired) electrons. The number of hydrogen-bond donors (Lipinski definition) is 1. The van der Waals surface area contributed by atoms with E-state index < -0.39 is 0 Å². The number of carbonyl (C=O) groups is 3. The van der Waals surface area contributed by atoms with Crippen LogP contribution in [0.2, 0.25) is 0 Å². The van der Waals surface area contributed by atoms with Crippen molar-refractivity contribution in [2.75, 3.05) is 57.3 Å². The van der Waals surface area contributed by atoms with Gasteiger partial charge in [-0.3, -0.25) is 19.4 Å². The molecule has 204 valence electrons. The molecular formula is C27H35N5O5S. The molecule has 4 rings (SSSR count). The van der Waals surface area contributed by atoms with Gasteiger partial charge in [0.1, 0.15) is 11.9 Å². The predicted molar refractivity (Wildman–Crippen MR) is 147 cm³/mol. The Labute approximate surface area is 227 Å². The van der Waals surface area contributed by atoms with Gasteiger partial charge in [0.2, 0.25) is 0 Å². The molecule has 1 aromatic heterocycles. The van der Waals surface area contributed by atoms with Gasteiger partial charge in [0, 0.05) is 55.9 Å². The highest BCUT2D eigenvalue weighted by Crippen LogP contribution is 2.23. The number of amides is 2. The molecule has 2 aliphatic heterocycles. The van der Waals surface area contributed by atoms with E-state index in [-0.39, 0.29) is 29.9 Å². The molecule has 2 N–H and O–H groups in total. The van der Waals surface area contributed by atoms with Crippen molar-refractivity contribution < 1.29 is 23.9 Å². The van der Waals surface area contributed by atoms with Gasteiger partial charge in [-0.2, -0.15) is 16.3 Å². The molecule has 0 aliphatic carbocycles. The molecule has 3 heterocycles. The Hall–Kier alpha value is -3.28. The smallest absolute Gasteiger partial charge is 0.414 e. The van der Waals surface area contributed by atoms with Gasteiger partial charge in [0.25, 0.3) is 5.91 Å². The third-order valence-corrected chi connectivity index (χ3v) is 7.34. The first-order valence-electron chi connectivity index (χ1n) is 13.0. The molecule has 38 heavy (non-hydrogen) atoms. The number of carbonyl (C=O) groups excluding carboxylic acids is 3. The average molecular weight is 542 g/mol. The molecule has 2 fully saturated rings. The van der Waals surface area contributed by atoms with Crippen LogP contribution in [0.4, 0.5) is 10.5 Å². The number of anilines is 1. The van der Waals surface area contributed by atoms with E-state index in [0.717, 1.165) is 39.0 Å². The largest absolute Gasteiger partial charge is 0.466 e. The average Bonchev–Trinajstić information content (AvgIpc) is 3.59. The molecule has 2 aromatic rings. The topological polar surface area (TPSA) is 118 Å². The highest BCUT2D eigenvalue weighted by Gasteiger charge is 2.34. The first-order chi connectivity index (χ1) is 18.4. The van der Waals surface area contributed by atoms with Gasteiger partial charge in [-0.05, 0) is 42.1 Å². The van der Waals surface area contributed by atoms with Crippen LogP contribution in [0.15, 0.2) is 46.1 Å². The van der Waals surface area contributed by atoms with Crippen molar-refractivity contribution in [3.8, 4) is 0 Å². The number of nitrogens with zero attached hydrogens (tertiary/aromatic N) is 4. The summed E-state index contributed by atoms with van der Waals surface area (Å²) in [5.74, 6) is -0.389. The molecular weight excluding hydrogens is 506 g/mol. The fourth-order valence-corrected chi connectivity index (χ4v) is 5.03. The first-order valence-corrected chi connectivity index (χ1v) is 14.0. The summed E-state index contributed by atoms with van der Waals surface area (Å²) in [6.07, 6.45) is 1.73. The van der Waals surface area contributed by atoms with Gasteiger partial charge in [-0.1, -0.05) is 13.3 Å². The number of aliphatic imine (C=N–C) groups is 1. The Morgan fingerprint density at radius 3 is 2.53 bits per heavy atom. The SMILES string of the molecule is CCCCOC(=O)CCN1CCN(CC2CN(c3ccc(C(N)=NC(=O)c4ccsc4)cc3)C(=O)O2)CC1. The number of piperazine rings is 1. The highest BCUT2D eigenvalue weighted by atomic mass is 32.1. The van der Waals surface area contributed by atoms with Crippen molar-refractivity contribution in [3.63, 3.8) is 0 Å². The molecule has 0 saturated carbocycles. The Morgan fingerprint density at radius 1 is 1.11 bits per heavy atom. The first kappa shape index (κ1) is 27.7. The Kier molecular flexibility index (Phi) is 9.85. The van der Waals surface area contributed by atoms with Crippen LogP contribution in [0.5, 0.6) is 0 Å². The van der Waals surface area contributed by atoms with E-state index in [2.05, 4.69) is 21.7 Å². The van der Waals surface area contributed by atoms with Gasteiger partial charge < -0.3 is 20.1 Å². The van der Waals surface area contributed by atoms with Crippen LogP contribution < -0.4 is 10.6 Å². The van der Waals surface area contributed by atoms with E-state index >= 15 is 0 Å². The number of nitrogens with two attached hydrogens (primary N) is 1.